The smallest absolute Gasteiger partial charge is 0.251 e. The highest BCUT2D eigenvalue weighted by Gasteiger charge is 2.17. The summed E-state index contributed by atoms with van der Waals surface area (Å²) in [5.41, 5.74) is 0.501. The van der Waals surface area contributed by atoms with Gasteiger partial charge in [-0.05, 0) is 26.0 Å². The first-order chi connectivity index (χ1) is 9.56. The molecule has 0 saturated heterocycles. The van der Waals surface area contributed by atoms with E-state index in [9.17, 15) is 9.59 Å². The summed E-state index contributed by atoms with van der Waals surface area (Å²) in [6.07, 6.45) is 0. The Morgan fingerprint density at radius 1 is 1.25 bits per heavy atom. The Morgan fingerprint density at radius 3 is 2.55 bits per heavy atom. The molecule has 7 heteroatoms. The number of amides is 2. The van der Waals surface area contributed by atoms with Gasteiger partial charge in [-0.15, -0.1) is 5.10 Å². The maximum atomic E-state index is 11.9. The molecule has 7 nitrogen and oxygen atoms in total. The van der Waals surface area contributed by atoms with E-state index in [0.717, 1.165) is 0 Å². The van der Waals surface area contributed by atoms with Gasteiger partial charge in [0.05, 0.1) is 0 Å². The number of aromatic nitrogens is 3. The van der Waals surface area contributed by atoms with Crippen LogP contribution in [0.1, 0.15) is 23.1 Å². The van der Waals surface area contributed by atoms with Crippen LogP contribution < -0.4 is 10.6 Å². The summed E-state index contributed by atoms with van der Waals surface area (Å²) in [5.74, 6) is 0.0993. The van der Waals surface area contributed by atoms with Crippen molar-refractivity contribution in [3.05, 3.63) is 41.7 Å². The minimum Gasteiger partial charge on any atom is -0.341 e. The standard InChI is InChI=1S/C13H15N5O2/c1-8(11(19)16-13-15-9(2)17-18-13)14-12(20)10-6-4-3-5-7-10/h3-8H,1-2H3,(H,14,20)(H2,15,16,17,18,19). The molecule has 0 aliphatic rings. The third kappa shape index (κ3) is 3.41. The Bertz CT molecular complexity index is 608. The lowest BCUT2D eigenvalue weighted by atomic mass is 10.2. The molecule has 1 unspecified atom stereocenters. The van der Waals surface area contributed by atoms with Crippen LogP contribution in [0.5, 0.6) is 0 Å². The first-order valence-electron chi connectivity index (χ1n) is 6.12. The Labute approximate surface area is 115 Å². The van der Waals surface area contributed by atoms with Crippen molar-refractivity contribution >= 4 is 17.8 Å². The Hall–Kier alpha value is -2.70. The monoisotopic (exact) mass is 273 g/mol. The number of carbonyl (C=O) groups is 2. The van der Waals surface area contributed by atoms with Gasteiger partial charge in [0.2, 0.25) is 11.9 Å². The Balaban J connectivity index is 1.92. The van der Waals surface area contributed by atoms with Crippen LogP contribution >= 0.6 is 0 Å². The zero-order chi connectivity index (χ0) is 14.5. The van der Waals surface area contributed by atoms with Crippen LogP contribution in [0.2, 0.25) is 0 Å². The maximum Gasteiger partial charge on any atom is 0.251 e. The van der Waals surface area contributed by atoms with Crippen LogP contribution in [0.15, 0.2) is 30.3 Å². The van der Waals surface area contributed by atoms with Gasteiger partial charge in [-0.2, -0.15) is 4.98 Å². The number of anilines is 1. The van der Waals surface area contributed by atoms with E-state index in [2.05, 4.69) is 25.8 Å². The molecule has 3 N–H and O–H groups in total. The molecule has 0 saturated carbocycles. The van der Waals surface area contributed by atoms with Gasteiger partial charge in [0.25, 0.3) is 5.91 Å². The fourth-order valence-corrected chi connectivity index (χ4v) is 1.55. The fraction of sp³-hybridized carbons (Fsp3) is 0.231. The SMILES string of the molecule is Cc1nc(NC(=O)C(C)NC(=O)c2ccccc2)n[nH]1. The molecule has 1 heterocycles. The van der Waals surface area contributed by atoms with Crippen molar-refractivity contribution in [2.45, 2.75) is 19.9 Å². The molecule has 0 fully saturated rings. The van der Waals surface area contributed by atoms with Crippen LogP contribution in [0.25, 0.3) is 0 Å². The van der Waals surface area contributed by atoms with E-state index in [-0.39, 0.29) is 17.8 Å². The molecule has 20 heavy (non-hydrogen) atoms. The molecule has 1 aromatic carbocycles. The molecule has 2 amide bonds. The molecule has 0 bridgehead atoms. The van der Waals surface area contributed by atoms with Crippen molar-refractivity contribution in [3.8, 4) is 0 Å². The lowest BCUT2D eigenvalue weighted by molar-refractivity contribution is -0.117. The number of nitrogens with one attached hydrogen (secondary N) is 3. The van der Waals surface area contributed by atoms with Crippen LogP contribution in [-0.4, -0.2) is 33.0 Å². The van der Waals surface area contributed by atoms with Crippen molar-refractivity contribution in [3.63, 3.8) is 0 Å². The lowest BCUT2D eigenvalue weighted by Crippen LogP contribution is -2.41. The van der Waals surface area contributed by atoms with E-state index in [1.54, 1.807) is 38.1 Å². The molecule has 0 radical (unpaired) electrons. The van der Waals surface area contributed by atoms with E-state index in [1.165, 1.54) is 0 Å². The van der Waals surface area contributed by atoms with Crippen LogP contribution in [0, 0.1) is 6.92 Å². The normalized spacial score (nSPS) is 11.7. The van der Waals surface area contributed by atoms with Gasteiger partial charge < -0.3 is 5.32 Å². The number of rotatable bonds is 4. The van der Waals surface area contributed by atoms with Gasteiger partial charge in [-0.1, -0.05) is 18.2 Å². The number of H-pyrrole nitrogens is 1. The summed E-state index contributed by atoms with van der Waals surface area (Å²) in [6, 6.07) is 8.00. The fourth-order valence-electron chi connectivity index (χ4n) is 1.55. The molecule has 1 aromatic heterocycles. The summed E-state index contributed by atoms with van der Waals surface area (Å²) in [7, 11) is 0. The van der Waals surface area contributed by atoms with Gasteiger partial charge in [-0.25, -0.2) is 0 Å². The zero-order valence-corrected chi connectivity index (χ0v) is 11.2. The summed E-state index contributed by atoms with van der Waals surface area (Å²) >= 11 is 0. The molecular formula is C13H15N5O2. The highest BCUT2D eigenvalue weighted by Crippen LogP contribution is 2.01. The van der Waals surface area contributed by atoms with Crippen LogP contribution in [0.3, 0.4) is 0 Å². The Kier molecular flexibility index (Phi) is 4.09. The van der Waals surface area contributed by atoms with Crippen molar-refractivity contribution < 1.29 is 9.59 Å². The van der Waals surface area contributed by atoms with E-state index in [1.807, 2.05) is 6.07 Å². The minimum absolute atomic E-state index is 0.188. The third-order valence-corrected chi connectivity index (χ3v) is 2.61. The van der Waals surface area contributed by atoms with Gasteiger partial charge >= 0.3 is 0 Å². The predicted octanol–water partition coefficient (Wildman–Crippen LogP) is 0.870. The average molecular weight is 273 g/mol. The molecule has 1 atom stereocenters. The number of hydrogen-bond acceptors (Lipinski definition) is 4. The maximum absolute atomic E-state index is 11.9. The molecular weight excluding hydrogens is 258 g/mol. The van der Waals surface area contributed by atoms with Crippen molar-refractivity contribution in [1.29, 1.82) is 0 Å². The summed E-state index contributed by atoms with van der Waals surface area (Å²) < 4.78 is 0. The van der Waals surface area contributed by atoms with Crippen LogP contribution in [-0.2, 0) is 4.79 Å². The quantitative estimate of drug-likeness (QED) is 0.769. The minimum atomic E-state index is -0.693. The first kappa shape index (κ1) is 13.7. The summed E-state index contributed by atoms with van der Waals surface area (Å²) in [6.45, 7) is 3.32. The largest absolute Gasteiger partial charge is 0.341 e. The van der Waals surface area contributed by atoms with Crippen LogP contribution in [0.4, 0.5) is 5.95 Å². The average Bonchev–Trinajstić information content (AvgIpc) is 2.85. The second-order valence-corrected chi connectivity index (χ2v) is 4.29. The molecule has 2 rings (SSSR count). The number of aromatic amines is 1. The van der Waals surface area contributed by atoms with E-state index >= 15 is 0 Å². The number of nitrogens with zero attached hydrogens (tertiary/aromatic N) is 2. The van der Waals surface area contributed by atoms with Gasteiger partial charge in [0.1, 0.15) is 11.9 Å². The number of benzene rings is 1. The third-order valence-electron chi connectivity index (χ3n) is 2.61. The molecule has 0 spiro atoms. The van der Waals surface area contributed by atoms with E-state index in [4.69, 9.17) is 0 Å². The molecule has 0 aliphatic carbocycles. The number of hydrogen-bond donors (Lipinski definition) is 3. The highest BCUT2D eigenvalue weighted by molar-refractivity contribution is 6.00. The van der Waals surface area contributed by atoms with E-state index < -0.39 is 6.04 Å². The topological polar surface area (TPSA) is 99.8 Å². The Morgan fingerprint density at radius 2 is 1.95 bits per heavy atom. The number of carbonyl (C=O) groups excluding carboxylic acids is 2. The predicted molar refractivity (Wildman–Crippen MR) is 73.1 cm³/mol. The summed E-state index contributed by atoms with van der Waals surface area (Å²) in [5, 5.41) is 11.5. The number of aryl methyl sites for hydroxylation is 1. The molecule has 2 aromatic rings. The van der Waals surface area contributed by atoms with Crippen molar-refractivity contribution in [2.24, 2.45) is 0 Å². The highest BCUT2D eigenvalue weighted by atomic mass is 16.2. The molecule has 104 valence electrons. The lowest BCUT2D eigenvalue weighted by Gasteiger charge is -2.12. The molecule has 0 aliphatic heterocycles. The van der Waals surface area contributed by atoms with E-state index in [0.29, 0.717) is 11.4 Å². The van der Waals surface area contributed by atoms with Crippen molar-refractivity contribution in [2.75, 3.05) is 5.32 Å². The van der Waals surface area contributed by atoms with Gasteiger partial charge in [0.15, 0.2) is 0 Å². The summed E-state index contributed by atoms with van der Waals surface area (Å²) in [4.78, 5) is 27.7. The first-order valence-corrected chi connectivity index (χ1v) is 6.12. The second-order valence-electron chi connectivity index (χ2n) is 4.29. The van der Waals surface area contributed by atoms with Gasteiger partial charge in [0, 0.05) is 5.56 Å². The van der Waals surface area contributed by atoms with Gasteiger partial charge in [-0.3, -0.25) is 20.0 Å². The second kappa shape index (κ2) is 5.96. The zero-order valence-electron chi connectivity index (χ0n) is 11.2. The van der Waals surface area contributed by atoms with Crippen molar-refractivity contribution in [1.82, 2.24) is 20.5 Å².